The number of unbranched alkanes of at least 4 members (excludes halogenated alkanes) is 1. The van der Waals surface area contributed by atoms with E-state index < -0.39 is 5.97 Å². The Hall–Kier alpha value is -4.86. The average molecular weight is 552 g/mol. The predicted octanol–water partition coefficient (Wildman–Crippen LogP) is 5.27. The van der Waals surface area contributed by atoms with Crippen LogP contribution < -0.4 is 5.69 Å². The maximum absolute atomic E-state index is 14.0. The molecular weight excluding hydrogens is 518 g/mol. The first-order chi connectivity index (χ1) is 19.7. The van der Waals surface area contributed by atoms with Crippen LogP contribution in [-0.4, -0.2) is 45.8 Å². The number of aromatic nitrogens is 7. The van der Waals surface area contributed by atoms with Gasteiger partial charge in [0, 0.05) is 29.2 Å². The van der Waals surface area contributed by atoms with Crippen molar-refractivity contribution < 1.29 is 9.90 Å². The van der Waals surface area contributed by atoms with E-state index in [9.17, 15) is 14.7 Å². The van der Waals surface area contributed by atoms with Crippen molar-refractivity contribution in [1.82, 2.24) is 34.7 Å². The van der Waals surface area contributed by atoms with Crippen LogP contribution in [0.1, 0.15) is 67.7 Å². The molecule has 5 rings (SSSR count). The Bertz CT molecular complexity index is 1730. The van der Waals surface area contributed by atoms with Gasteiger partial charge in [0.25, 0.3) is 0 Å². The van der Waals surface area contributed by atoms with Gasteiger partial charge < -0.3 is 5.11 Å². The standard InChI is InChI=1S/C31H33N7O3/c1-5-6-10-21-19-38(27-24(29(39)40)13-9-14-25(27)31(2,3)4)30(41)37(21)18-20-15-16-26(32-17-20)22-11-7-8-12-23(22)28-33-35-36-34-28/h7-9,11-17,19H,5-6,10,18H2,1-4H3,(H,39,40)(H,33,34,35,36). The normalized spacial score (nSPS) is 11.6. The topological polar surface area (TPSA) is 132 Å². The SMILES string of the molecule is CCCCc1cn(-c2c(C(=O)O)cccc2C(C)(C)C)c(=O)n1Cc1ccc(-c2ccccc2-c2nnn[nH]2)nc1. The first-order valence-electron chi connectivity index (χ1n) is 13.7. The van der Waals surface area contributed by atoms with Crippen LogP contribution in [0.3, 0.4) is 0 Å². The molecule has 10 heteroatoms. The zero-order valence-corrected chi connectivity index (χ0v) is 23.6. The summed E-state index contributed by atoms with van der Waals surface area (Å²) in [5, 5.41) is 24.2. The molecule has 0 atom stereocenters. The molecule has 0 radical (unpaired) electrons. The molecule has 0 aliphatic carbocycles. The van der Waals surface area contributed by atoms with Crippen LogP contribution in [0.4, 0.5) is 0 Å². The van der Waals surface area contributed by atoms with Gasteiger partial charge in [-0.25, -0.2) is 14.7 Å². The number of H-pyrrole nitrogens is 1. The van der Waals surface area contributed by atoms with Crippen molar-refractivity contribution in [2.24, 2.45) is 0 Å². The van der Waals surface area contributed by atoms with Crippen LogP contribution in [0.5, 0.6) is 0 Å². The highest BCUT2D eigenvalue weighted by molar-refractivity contribution is 5.93. The maximum Gasteiger partial charge on any atom is 0.337 e. The van der Waals surface area contributed by atoms with E-state index in [1.165, 1.54) is 4.57 Å². The van der Waals surface area contributed by atoms with Gasteiger partial charge in [0.1, 0.15) is 0 Å². The molecule has 0 fully saturated rings. The zero-order chi connectivity index (χ0) is 29.1. The molecule has 5 aromatic rings. The highest BCUT2D eigenvalue weighted by Gasteiger charge is 2.26. The van der Waals surface area contributed by atoms with E-state index >= 15 is 0 Å². The summed E-state index contributed by atoms with van der Waals surface area (Å²) < 4.78 is 3.24. The summed E-state index contributed by atoms with van der Waals surface area (Å²) in [6.45, 7) is 8.46. The van der Waals surface area contributed by atoms with Crippen molar-refractivity contribution in [2.75, 3.05) is 0 Å². The van der Waals surface area contributed by atoms with Gasteiger partial charge in [-0.3, -0.25) is 14.1 Å². The Kier molecular flexibility index (Phi) is 7.65. The van der Waals surface area contributed by atoms with Crippen molar-refractivity contribution in [3.05, 3.63) is 99.9 Å². The number of aromatic carboxylic acids is 1. The van der Waals surface area contributed by atoms with Crippen molar-refractivity contribution in [1.29, 1.82) is 0 Å². The van der Waals surface area contributed by atoms with Crippen LogP contribution in [0.15, 0.2) is 71.8 Å². The van der Waals surface area contributed by atoms with E-state index in [1.807, 2.05) is 63.2 Å². The Labute approximate surface area is 237 Å². The lowest BCUT2D eigenvalue weighted by Crippen LogP contribution is -2.28. The van der Waals surface area contributed by atoms with Crippen molar-refractivity contribution >= 4 is 5.97 Å². The third-order valence-corrected chi connectivity index (χ3v) is 7.13. The Balaban J connectivity index is 1.56. The van der Waals surface area contributed by atoms with Gasteiger partial charge in [-0.05, 0) is 51.9 Å². The summed E-state index contributed by atoms with van der Waals surface area (Å²) in [6.07, 6.45) is 6.14. The predicted molar refractivity (Wildman–Crippen MR) is 156 cm³/mol. The fraction of sp³-hybridized carbons (Fsp3) is 0.290. The van der Waals surface area contributed by atoms with Gasteiger partial charge in [-0.2, -0.15) is 0 Å². The van der Waals surface area contributed by atoms with Crippen molar-refractivity contribution in [2.45, 2.75) is 58.9 Å². The smallest absolute Gasteiger partial charge is 0.337 e. The second kappa shape index (κ2) is 11.3. The van der Waals surface area contributed by atoms with Crippen LogP contribution in [-0.2, 0) is 18.4 Å². The molecule has 2 aromatic carbocycles. The lowest BCUT2D eigenvalue weighted by atomic mass is 9.84. The number of carbonyl (C=O) groups is 1. The number of aromatic amines is 1. The number of rotatable bonds is 9. The molecule has 10 nitrogen and oxygen atoms in total. The van der Waals surface area contributed by atoms with E-state index in [4.69, 9.17) is 4.98 Å². The van der Waals surface area contributed by atoms with Gasteiger partial charge >= 0.3 is 11.7 Å². The van der Waals surface area contributed by atoms with E-state index in [2.05, 4.69) is 27.5 Å². The minimum absolute atomic E-state index is 0.102. The molecule has 0 unspecified atom stereocenters. The van der Waals surface area contributed by atoms with Crippen LogP contribution >= 0.6 is 0 Å². The van der Waals surface area contributed by atoms with E-state index in [1.54, 1.807) is 29.1 Å². The van der Waals surface area contributed by atoms with Crippen LogP contribution in [0, 0.1) is 0 Å². The Morgan fingerprint density at radius 2 is 1.80 bits per heavy atom. The number of tetrazole rings is 1. The molecule has 0 bridgehead atoms. The minimum atomic E-state index is -1.07. The molecule has 0 saturated carbocycles. The maximum atomic E-state index is 14.0. The van der Waals surface area contributed by atoms with E-state index in [-0.39, 0.29) is 16.7 Å². The average Bonchev–Trinajstić information content (AvgIpc) is 3.60. The van der Waals surface area contributed by atoms with Crippen molar-refractivity contribution in [3.63, 3.8) is 0 Å². The summed E-state index contributed by atoms with van der Waals surface area (Å²) in [7, 11) is 0. The number of imidazole rings is 1. The zero-order valence-electron chi connectivity index (χ0n) is 23.6. The summed E-state index contributed by atoms with van der Waals surface area (Å²) in [5.41, 5.74) is 4.84. The highest BCUT2D eigenvalue weighted by atomic mass is 16.4. The number of hydrogen-bond donors (Lipinski definition) is 2. The number of carboxylic acids is 1. The lowest BCUT2D eigenvalue weighted by Gasteiger charge is -2.24. The Morgan fingerprint density at radius 3 is 2.44 bits per heavy atom. The van der Waals surface area contributed by atoms with Gasteiger partial charge in [0.05, 0.1) is 23.5 Å². The highest BCUT2D eigenvalue weighted by Crippen LogP contribution is 2.31. The van der Waals surface area contributed by atoms with Crippen LogP contribution in [0.25, 0.3) is 28.3 Å². The molecular formula is C31H33N7O3. The largest absolute Gasteiger partial charge is 0.478 e. The fourth-order valence-electron chi connectivity index (χ4n) is 5.04. The van der Waals surface area contributed by atoms with Gasteiger partial charge in [-0.15, -0.1) is 5.10 Å². The number of aryl methyl sites for hydroxylation is 1. The molecule has 0 saturated heterocycles. The van der Waals surface area contributed by atoms with Crippen LogP contribution in [0.2, 0.25) is 0 Å². The molecule has 0 amide bonds. The second-order valence-corrected chi connectivity index (χ2v) is 11.1. The molecule has 41 heavy (non-hydrogen) atoms. The molecule has 3 heterocycles. The molecule has 0 aliphatic rings. The third kappa shape index (κ3) is 5.58. The number of carboxylic acid groups (broad SMARTS) is 1. The number of pyridine rings is 1. The van der Waals surface area contributed by atoms with E-state index in [0.29, 0.717) is 24.5 Å². The number of nitrogens with zero attached hydrogens (tertiary/aromatic N) is 6. The molecule has 0 spiro atoms. The summed E-state index contributed by atoms with van der Waals surface area (Å²) >= 11 is 0. The number of benzene rings is 2. The summed E-state index contributed by atoms with van der Waals surface area (Å²) in [6, 6.07) is 16.8. The van der Waals surface area contributed by atoms with Gasteiger partial charge in [0.15, 0.2) is 5.82 Å². The van der Waals surface area contributed by atoms with Crippen molar-refractivity contribution in [3.8, 4) is 28.3 Å². The minimum Gasteiger partial charge on any atom is -0.478 e. The summed E-state index contributed by atoms with van der Waals surface area (Å²) in [4.78, 5) is 30.9. The van der Waals surface area contributed by atoms with Gasteiger partial charge in [-0.1, -0.05) is 76.6 Å². The molecule has 210 valence electrons. The van der Waals surface area contributed by atoms with Gasteiger partial charge in [0.2, 0.25) is 0 Å². The molecule has 0 aliphatic heterocycles. The number of nitrogens with one attached hydrogen (secondary N) is 1. The second-order valence-electron chi connectivity index (χ2n) is 11.1. The monoisotopic (exact) mass is 551 g/mol. The molecule has 2 N–H and O–H groups in total. The first-order valence-corrected chi connectivity index (χ1v) is 13.7. The van der Waals surface area contributed by atoms with E-state index in [0.717, 1.165) is 46.5 Å². The first kappa shape index (κ1) is 27.7. The molecule has 3 aromatic heterocycles. The number of para-hydroxylation sites is 1. The fourth-order valence-corrected chi connectivity index (χ4v) is 5.04. The lowest BCUT2D eigenvalue weighted by molar-refractivity contribution is 0.0696. The summed E-state index contributed by atoms with van der Waals surface area (Å²) in [5.74, 6) is -0.516. The quantitative estimate of drug-likeness (QED) is 0.255. The Morgan fingerprint density at radius 1 is 1.02 bits per heavy atom. The third-order valence-electron chi connectivity index (χ3n) is 7.13. The number of hydrogen-bond acceptors (Lipinski definition) is 6.